The van der Waals surface area contributed by atoms with E-state index in [0.717, 1.165) is 6.61 Å². The van der Waals surface area contributed by atoms with Gasteiger partial charge in [0, 0.05) is 12.6 Å². The molecule has 0 saturated heterocycles. The number of hydrogen-bond acceptors (Lipinski definition) is 5. The van der Waals surface area contributed by atoms with E-state index in [-0.39, 0.29) is 0 Å². The molecule has 0 aromatic carbocycles. The lowest BCUT2D eigenvalue weighted by atomic mass is 10.3. The Balaban J connectivity index is 2.20. The normalized spacial score (nSPS) is 13.1. The van der Waals surface area contributed by atoms with E-state index in [2.05, 4.69) is 22.4 Å². The van der Waals surface area contributed by atoms with Gasteiger partial charge >= 0.3 is 0 Å². The molecule has 0 aliphatic rings. The highest BCUT2D eigenvalue weighted by atomic mass is 16.5. The summed E-state index contributed by atoms with van der Waals surface area (Å²) in [5, 5.41) is 6.93. The van der Waals surface area contributed by atoms with Crippen molar-refractivity contribution in [1.82, 2.24) is 15.5 Å². The van der Waals surface area contributed by atoms with Crippen LogP contribution in [0.15, 0.2) is 4.52 Å². The smallest absolute Gasteiger partial charge is 0.240 e. The molecule has 0 saturated carbocycles. The zero-order valence-corrected chi connectivity index (χ0v) is 8.91. The minimum atomic E-state index is 0.294. The molecule has 1 atom stereocenters. The molecule has 5 heteroatoms. The monoisotopic (exact) mass is 199 g/mol. The minimum Gasteiger partial charge on any atom is -0.380 e. The SMILES string of the molecule is CCOCC(C)NCc1nc(C)no1. The van der Waals surface area contributed by atoms with Gasteiger partial charge in [0.25, 0.3) is 0 Å². The maximum Gasteiger partial charge on any atom is 0.240 e. The molecule has 5 nitrogen and oxygen atoms in total. The second-order valence-electron chi connectivity index (χ2n) is 3.18. The number of hydrogen-bond donors (Lipinski definition) is 1. The van der Waals surface area contributed by atoms with Crippen molar-refractivity contribution in [2.45, 2.75) is 33.4 Å². The van der Waals surface area contributed by atoms with Crippen molar-refractivity contribution in [3.8, 4) is 0 Å². The summed E-state index contributed by atoms with van der Waals surface area (Å²) < 4.78 is 10.2. The maximum absolute atomic E-state index is 5.26. The van der Waals surface area contributed by atoms with Crippen molar-refractivity contribution < 1.29 is 9.26 Å². The van der Waals surface area contributed by atoms with Gasteiger partial charge in [0.2, 0.25) is 5.89 Å². The first-order chi connectivity index (χ1) is 6.72. The van der Waals surface area contributed by atoms with Crippen molar-refractivity contribution in [3.05, 3.63) is 11.7 Å². The second-order valence-corrected chi connectivity index (χ2v) is 3.18. The third kappa shape index (κ3) is 3.85. The molecule has 1 heterocycles. The van der Waals surface area contributed by atoms with Crippen LogP contribution in [-0.4, -0.2) is 29.4 Å². The molecule has 1 unspecified atom stereocenters. The lowest BCUT2D eigenvalue weighted by molar-refractivity contribution is 0.126. The van der Waals surface area contributed by atoms with Crippen molar-refractivity contribution in [2.75, 3.05) is 13.2 Å². The van der Waals surface area contributed by atoms with Crippen LogP contribution in [0.2, 0.25) is 0 Å². The van der Waals surface area contributed by atoms with Crippen LogP contribution in [-0.2, 0) is 11.3 Å². The average Bonchev–Trinajstić information content (AvgIpc) is 2.58. The highest BCUT2D eigenvalue weighted by Gasteiger charge is 2.05. The third-order valence-electron chi connectivity index (χ3n) is 1.74. The van der Waals surface area contributed by atoms with Crippen LogP contribution in [0.1, 0.15) is 25.6 Å². The van der Waals surface area contributed by atoms with Gasteiger partial charge in [0.1, 0.15) is 0 Å². The zero-order chi connectivity index (χ0) is 10.4. The van der Waals surface area contributed by atoms with Crippen LogP contribution < -0.4 is 5.32 Å². The van der Waals surface area contributed by atoms with Gasteiger partial charge in [-0.05, 0) is 20.8 Å². The van der Waals surface area contributed by atoms with Gasteiger partial charge in [-0.2, -0.15) is 4.98 Å². The summed E-state index contributed by atoms with van der Waals surface area (Å²) in [6.07, 6.45) is 0. The zero-order valence-electron chi connectivity index (χ0n) is 8.91. The number of aromatic nitrogens is 2. The Morgan fingerprint density at radius 1 is 1.57 bits per heavy atom. The quantitative estimate of drug-likeness (QED) is 0.737. The molecule has 1 aromatic rings. The third-order valence-corrected chi connectivity index (χ3v) is 1.74. The molecule has 0 amide bonds. The van der Waals surface area contributed by atoms with Crippen LogP contribution >= 0.6 is 0 Å². The summed E-state index contributed by atoms with van der Waals surface area (Å²) in [7, 11) is 0. The number of aryl methyl sites for hydroxylation is 1. The molecular formula is C9H17N3O2. The summed E-state index contributed by atoms with van der Waals surface area (Å²) in [4.78, 5) is 4.08. The van der Waals surface area contributed by atoms with Gasteiger partial charge in [0.05, 0.1) is 13.2 Å². The Morgan fingerprint density at radius 3 is 2.93 bits per heavy atom. The van der Waals surface area contributed by atoms with E-state index in [9.17, 15) is 0 Å². The molecule has 0 spiro atoms. The highest BCUT2D eigenvalue weighted by Crippen LogP contribution is 1.95. The first kappa shape index (κ1) is 11.1. The number of nitrogens with one attached hydrogen (secondary N) is 1. The van der Waals surface area contributed by atoms with Gasteiger partial charge in [0.15, 0.2) is 5.82 Å². The summed E-state index contributed by atoms with van der Waals surface area (Å²) >= 11 is 0. The van der Waals surface area contributed by atoms with Gasteiger partial charge in [-0.3, -0.25) is 0 Å². The topological polar surface area (TPSA) is 60.2 Å². The molecule has 0 fully saturated rings. The molecular weight excluding hydrogens is 182 g/mol. The molecule has 14 heavy (non-hydrogen) atoms. The maximum atomic E-state index is 5.26. The van der Waals surface area contributed by atoms with Gasteiger partial charge < -0.3 is 14.6 Å². The summed E-state index contributed by atoms with van der Waals surface area (Å²) in [6, 6.07) is 0.294. The first-order valence-corrected chi connectivity index (χ1v) is 4.82. The van der Waals surface area contributed by atoms with E-state index in [1.54, 1.807) is 6.92 Å². The lowest BCUT2D eigenvalue weighted by Gasteiger charge is -2.11. The van der Waals surface area contributed by atoms with Gasteiger partial charge in [-0.1, -0.05) is 5.16 Å². The molecule has 0 aliphatic carbocycles. The average molecular weight is 199 g/mol. The van der Waals surface area contributed by atoms with Crippen LogP contribution in [0.25, 0.3) is 0 Å². The Labute approximate surface area is 83.8 Å². The predicted octanol–water partition coefficient (Wildman–Crippen LogP) is 0.893. The molecule has 0 bridgehead atoms. The molecule has 0 aliphatic heterocycles. The van der Waals surface area contributed by atoms with Crippen molar-refractivity contribution in [1.29, 1.82) is 0 Å². The Hall–Kier alpha value is -0.940. The van der Waals surface area contributed by atoms with E-state index in [1.165, 1.54) is 0 Å². The fourth-order valence-electron chi connectivity index (χ4n) is 1.03. The van der Waals surface area contributed by atoms with Crippen LogP contribution in [0, 0.1) is 6.92 Å². The summed E-state index contributed by atoms with van der Waals surface area (Å²) in [6.45, 7) is 7.87. The van der Waals surface area contributed by atoms with E-state index in [1.807, 2.05) is 6.92 Å². The predicted molar refractivity (Wildman–Crippen MR) is 51.8 cm³/mol. The number of rotatable bonds is 6. The van der Waals surface area contributed by atoms with E-state index in [4.69, 9.17) is 9.26 Å². The van der Waals surface area contributed by atoms with Crippen molar-refractivity contribution >= 4 is 0 Å². The van der Waals surface area contributed by atoms with Gasteiger partial charge in [-0.25, -0.2) is 0 Å². The fourth-order valence-corrected chi connectivity index (χ4v) is 1.03. The second kappa shape index (κ2) is 5.72. The van der Waals surface area contributed by atoms with Crippen molar-refractivity contribution in [3.63, 3.8) is 0 Å². The van der Waals surface area contributed by atoms with Crippen molar-refractivity contribution in [2.24, 2.45) is 0 Å². The lowest BCUT2D eigenvalue weighted by Crippen LogP contribution is -2.30. The number of nitrogens with zero attached hydrogens (tertiary/aromatic N) is 2. The standard InChI is InChI=1S/C9H17N3O2/c1-4-13-6-7(2)10-5-9-11-8(3)12-14-9/h7,10H,4-6H2,1-3H3. The Bertz CT molecular complexity index is 262. The molecule has 80 valence electrons. The van der Waals surface area contributed by atoms with Gasteiger partial charge in [-0.15, -0.1) is 0 Å². The summed E-state index contributed by atoms with van der Waals surface area (Å²) in [5.41, 5.74) is 0. The Kier molecular flexibility index (Phi) is 4.55. The van der Waals surface area contributed by atoms with Crippen LogP contribution in [0.3, 0.4) is 0 Å². The van der Waals surface area contributed by atoms with E-state index >= 15 is 0 Å². The molecule has 1 N–H and O–H groups in total. The largest absolute Gasteiger partial charge is 0.380 e. The highest BCUT2D eigenvalue weighted by molar-refractivity contribution is 4.82. The van der Waals surface area contributed by atoms with E-state index < -0.39 is 0 Å². The number of ether oxygens (including phenoxy) is 1. The summed E-state index contributed by atoms with van der Waals surface area (Å²) in [5.74, 6) is 1.28. The van der Waals surface area contributed by atoms with E-state index in [0.29, 0.717) is 30.9 Å². The first-order valence-electron chi connectivity index (χ1n) is 4.82. The van der Waals surface area contributed by atoms with Crippen LogP contribution in [0.4, 0.5) is 0 Å². The molecule has 1 aromatic heterocycles. The Morgan fingerprint density at radius 2 is 2.36 bits per heavy atom. The molecule has 0 radical (unpaired) electrons. The minimum absolute atomic E-state index is 0.294. The van der Waals surface area contributed by atoms with Crippen LogP contribution in [0.5, 0.6) is 0 Å². The molecule has 1 rings (SSSR count). The fraction of sp³-hybridized carbons (Fsp3) is 0.778.